The molecule has 0 bridgehead atoms. The molecule has 1 heterocycles. The van der Waals surface area contributed by atoms with Crippen LogP contribution >= 0.6 is 0 Å². The molecule has 2 heteroatoms. The van der Waals surface area contributed by atoms with Crippen LogP contribution in [0.4, 0.5) is 0 Å². The molecule has 0 aliphatic carbocycles. The number of nitrogens with one attached hydrogen (secondary N) is 1. The van der Waals surface area contributed by atoms with Gasteiger partial charge in [0.15, 0.2) is 0 Å². The summed E-state index contributed by atoms with van der Waals surface area (Å²) >= 11 is 0. The molecule has 1 aliphatic heterocycles. The highest BCUT2D eigenvalue weighted by molar-refractivity contribution is 4.75. The van der Waals surface area contributed by atoms with Crippen molar-refractivity contribution in [3.05, 3.63) is 0 Å². The zero-order valence-electron chi connectivity index (χ0n) is 11.3. The molecule has 1 rings (SSSR count). The molecule has 1 saturated heterocycles. The van der Waals surface area contributed by atoms with E-state index in [2.05, 4.69) is 26.1 Å². The lowest BCUT2D eigenvalue weighted by atomic mass is 10.0. The summed E-state index contributed by atoms with van der Waals surface area (Å²) in [5, 5.41) is 3.68. The fourth-order valence-corrected chi connectivity index (χ4v) is 2.33. The van der Waals surface area contributed by atoms with Gasteiger partial charge in [-0.25, -0.2) is 0 Å². The summed E-state index contributed by atoms with van der Waals surface area (Å²) in [7, 11) is 0. The third-order valence-corrected chi connectivity index (χ3v) is 3.46. The van der Waals surface area contributed by atoms with E-state index in [1.807, 2.05) is 0 Å². The second kappa shape index (κ2) is 8.08. The van der Waals surface area contributed by atoms with Crippen molar-refractivity contribution in [3.8, 4) is 0 Å². The molecule has 2 atom stereocenters. The van der Waals surface area contributed by atoms with Gasteiger partial charge in [0, 0.05) is 12.6 Å². The maximum absolute atomic E-state index is 5.68. The molecular formula is C14H29NO. The molecule has 2 unspecified atom stereocenters. The zero-order valence-corrected chi connectivity index (χ0v) is 11.3. The van der Waals surface area contributed by atoms with Crippen molar-refractivity contribution >= 4 is 0 Å². The van der Waals surface area contributed by atoms with E-state index in [9.17, 15) is 0 Å². The van der Waals surface area contributed by atoms with Crippen molar-refractivity contribution in [3.63, 3.8) is 0 Å². The maximum Gasteiger partial charge on any atom is 0.0587 e. The van der Waals surface area contributed by atoms with Gasteiger partial charge < -0.3 is 10.1 Å². The molecule has 0 spiro atoms. The summed E-state index contributed by atoms with van der Waals surface area (Å²) in [6.07, 6.45) is 8.12. The monoisotopic (exact) mass is 227 g/mol. The minimum absolute atomic E-state index is 0.502. The smallest absolute Gasteiger partial charge is 0.0587 e. The Kier molecular flexibility index (Phi) is 7.06. The van der Waals surface area contributed by atoms with Crippen LogP contribution in [-0.4, -0.2) is 25.3 Å². The topological polar surface area (TPSA) is 21.3 Å². The highest BCUT2D eigenvalue weighted by atomic mass is 16.5. The molecule has 16 heavy (non-hydrogen) atoms. The molecule has 0 aromatic rings. The Hall–Kier alpha value is -0.0800. The van der Waals surface area contributed by atoms with E-state index in [1.165, 1.54) is 38.6 Å². The quantitative estimate of drug-likeness (QED) is 0.673. The van der Waals surface area contributed by atoms with Crippen molar-refractivity contribution < 1.29 is 4.74 Å². The van der Waals surface area contributed by atoms with Crippen molar-refractivity contribution in [2.24, 2.45) is 5.92 Å². The van der Waals surface area contributed by atoms with E-state index < -0.39 is 0 Å². The van der Waals surface area contributed by atoms with Gasteiger partial charge in [0.25, 0.3) is 0 Å². The van der Waals surface area contributed by atoms with Crippen molar-refractivity contribution in [1.82, 2.24) is 5.32 Å². The van der Waals surface area contributed by atoms with Gasteiger partial charge in [-0.05, 0) is 38.1 Å². The molecule has 0 aromatic heterocycles. The van der Waals surface area contributed by atoms with Crippen LogP contribution in [0.25, 0.3) is 0 Å². The van der Waals surface area contributed by atoms with Gasteiger partial charge in [-0.2, -0.15) is 0 Å². The van der Waals surface area contributed by atoms with Gasteiger partial charge in [-0.15, -0.1) is 0 Å². The average molecular weight is 227 g/mol. The summed E-state index contributed by atoms with van der Waals surface area (Å²) < 4.78 is 5.68. The van der Waals surface area contributed by atoms with Crippen LogP contribution in [-0.2, 0) is 4.74 Å². The Morgan fingerprint density at radius 1 is 1.31 bits per heavy atom. The summed E-state index contributed by atoms with van der Waals surface area (Å²) in [4.78, 5) is 0. The van der Waals surface area contributed by atoms with Gasteiger partial charge in [0.1, 0.15) is 0 Å². The van der Waals surface area contributed by atoms with Crippen LogP contribution in [0.2, 0.25) is 0 Å². The third kappa shape index (κ3) is 5.86. The summed E-state index contributed by atoms with van der Waals surface area (Å²) in [6, 6.07) is 0.706. The van der Waals surface area contributed by atoms with E-state index in [-0.39, 0.29) is 0 Å². The highest BCUT2D eigenvalue weighted by Crippen LogP contribution is 2.16. The fourth-order valence-electron chi connectivity index (χ4n) is 2.33. The molecule has 2 nitrogen and oxygen atoms in total. The van der Waals surface area contributed by atoms with E-state index >= 15 is 0 Å². The molecule has 0 aromatic carbocycles. The molecule has 0 radical (unpaired) electrons. The maximum atomic E-state index is 5.68. The number of ether oxygens (including phenoxy) is 1. The van der Waals surface area contributed by atoms with Crippen LogP contribution in [0.1, 0.15) is 59.3 Å². The molecule has 96 valence electrons. The van der Waals surface area contributed by atoms with E-state index in [1.54, 1.807) is 0 Å². The molecular weight excluding hydrogens is 198 g/mol. The van der Waals surface area contributed by atoms with Gasteiger partial charge >= 0.3 is 0 Å². The second-order valence-corrected chi connectivity index (χ2v) is 5.47. The molecule has 1 fully saturated rings. The first-order valence-electron chi connectivity index (χ1n) is 7.07. The van der Waals surface area contributed by atoms with Gasteiger partial charge in [0.05, 0.1) is 6.10 Å². The SMILES string of the molecule is CCC1CC(NCCCCC(C)C)CCO1. The standard InChI is InChI=1S/C14H29NO/c1-4-14-11-13(8-10-16-14)15-9-6-5-7-12(2)3/h12-15H,4-11H2,1-3H3. The van der Waals surface area contributed by atoms with E-state index in [0.29, 0.717) is 12.1 Å². The van der Waals surface area contributed by atoms with E-state index in [0.717, 1.165) is 18.9 Å². The van der Waals surface area contributed by atoms with Crippen LogP contribution < -0.4 is 5.32 Å². The Balaban J connectivity index is 1.99. The second-order valence-electron chi connectivity index (χ2n) is 5.47. The normalized spacial score (nSPS) is 26.2. The van der Waals surface area contributed by atoms with Gasteiger partial charge in [0.2, 0.25) is 0 Å². The molecule has 1 N–H and O–H groups in total. The van der Waals surface area contributed by atoms with Crippen molar-refractivity contribution in [1.29, 1.82) is 0 Å². The number of rotatable bonds is 7. The Bertz CT molecular complexity index is 170. The zero-order chi connectivity index (χ0) is 11.8. The number of unbranched alkanes of at least 4 members (excludes halogenated alkanes) is 1. The Labute approximate surface area is 101 Å². The number of hydrogen-bond acceptors (Lipinski definition) is 2. The Morgan fingerprint density at radius 2 is 2.12 bits per heavy atom. The van der Waals surface area contributed by atoms with Gasteiger partial charge in [-0.3, -0.25) is 0 Å². The third-order valence-electron chi connectivity index (χ3n) is 3.46. The largest absolute Gasteiger partial charge is 0.378 e. The predicted molar refractivity (Wildman–Crippen MR) is 69.7 cm³/mol. The minimum Gasteiger partial charge on any atom is -0.378 e. The Morgan fingerprint density at radius 3 is 2.81 bits per heavy atom. The molecule has 0 amide bonds. The summed E-state index contributed by atoms with van der Waals surface area (Å²) in [5.74, 6) is 0.854. The van der Waals surface area contributed by atoms with Crippen molar-refractivity contribution in [2.75, 3.05) is 13.2 Å². The van der Waals surface area contributed by atoms with E-state index in [4.69, 9.17) is 4.74 Å². The molecule has 1 aliphatic rings. The first kappa shape index (κ1) is 14.0. The average Bonchev–Trinajstić information content (AvgIpc) is 2.28. The lowest BCUT2D eigenvalue weighted by molar-refractivity contribution is -0.00000592. The molecule has 0 saturated carbocycles. The van der Waals surface area contributed by atoms with Gasteiger partial charge in [-0.1, -0.05) is 33.6 Å². The number of hydrogen-bond donors (Lipinski definition) is 1. The summed E-state index contributed by atoms with van der Waals surface area (Å²) in [6.45, 7) is 8.96. The summed E-state index contributed by atoms with van der Waals surface area (Å²) in [5.41, 5.74) is 0. The van der Waals surface area contributed by atoms with Crippen molar-refractivity contribution in [2.45, 2.75) is 71.4 Å². The first-order valence-corrected chi connectivity index (χ1v) is 7.07. The lowest BCUT2D eigenvalue weighted by Crippen LogP contribution is -2.39. The van der Waals surface area contributed by atoms with Crippen LogP contribution in [0.3, 0.4) is 0 Å². The highest BCUT2D eigenvalue weighted by Gasteiger charge is 2.20. The van der Waals surface area contributed by atoms with Crippen LogP contribution in [0, 0.1) is 5.92 Å². The predicted octanol–water partition coefficient (Wildman–Crippen LogP) is 3.36. The lowest BCUT2D eigenvalue weighted by Gasteiger charge is -2.29. The fraction of sp³-hybridized carbons (Fsp3) is 1.00. The van der Waals surface area contributed by atoms with Crippen LogP contribution in [0.5, 0.6) is 0 Å². The van der Waals surface area contributed by atoms with Crippen LogP contribution in [0.15, 0.2) is 0 Å². The minimum atomic E-state index is 0.502. The first-order chi connectivity index (χ1) is 7.72.